The van der Waals surface area contributed by atoms with E-state index in [1.54, 1.807) is 6.92 Å². The van der Waals surface area contributed by atoms with E-state index in [0.29, 0.717) is 6.42 Å². The van der Waals surface area contributed by atoms with E-state index in [-0.39, 0.29) is 18.4 Å². The van der Waals surface area contributed by atoms with Gasteiger partial charge in [0.1, 0.15) is 5.41 Å². The quantitative estimate of drug-likeness (QED) is 0.793. The molecule has 1 aromatic carbocycles. The highest BCUT2D eigenvalue weighted by molar-refractivity contribution is 5.88. The summed E-state index contributed by atoms with van der Waals surface area (Å²) in [7, 11) is 1.36. The smallest absolute Gasteiger partial charge is 0.316 e. The standard InChI is InChI=1S/C16H20O4/c1-4-10-16(14(18)19-3)11-13(17)20-15(16,2)12-8-6-5-7-9-12/h5-9H,4,10-11H2,1-3H3. The minimum Gasteiger partial charge on any atom is -0.468 e. The molecule has 0 aromatic heterocycles. The lowest BCUT2D eigenvalue weighted by Gasteiger charge is -2.38. The molecular weight excluding hydrogens is 256 g/mol. The molecule has 1 aromatic rings. The van der Waals surface area contributed by atoms with Gasteiger partial charge >= 0.3 is 11.9 Å². The molecule has 0 radical (unpaired) electrons. The Morgan fingerprint density at radius 3 is 2.55 bits per heavy atom. The van der Waals surface area contributed by atoms with Crippen molar-refractivity contribution >= 4 is 11.9 Å². The zero-order valence-corrected chi connectivity index (χ0v) is 12.1. The summed E-state index contributed by atoms with van der Waals surface area (Å²) in [6, 6.07) is 9.41. The van der Waals surface area contributed by atoms with Crippen molar-refractivity contribution in [2.75, 3.05) is 7.11 Å². The minimum absolute atomic E-state index is 0.0684. The largest absolute Gasteiger partial charge is 0.468 e. The molecule has 1 fully saturated rings. The third-order valence-electron chi connectivity index (χ3n) is 4.25. The van der Waals surface area contributed by atoms with Crippen molar-refractivity contribution in [2.24, 2.45) is 5.41 Å². The van der Waals surface area contributed by atoms with Crippen LogP contribution in [0.15, 0.2) is 30.3 Å². The lowest BCUT2D eigenvalue weighted by atomic mass is 9.66. The molecule has 0 bridgehead atoms. The number of carbonyl (C=O) groups is 2. The molecule has 1 aliphatic rings. The Hall–Kier alpha value is -1.84. The van der Waals surface area contributed by atoms with Crippen LogP contribution < -0.4 is 0 Å². The molecule has 0 spiro atoms. The molecule has 2 atom stereocenters. The third-order valence-corrected chi connectivity index (χ3v) is 4.25. The summed E-state index contributed by atoms with van der Waals surface area (Å²) >= 11 is 0. The molecule has 0 saturated carbocycles. The number of esters is 2. The summed E-state index contributed by atoms with van der Waals surface area (Å²) in [5.74, 6) is -0.730. The second kappa shape index (κ2) is 5.27. The predicted octanol–water partition coefficient (Wildman–Crippen LogP) is 2.81. The molecule has 108 valence electrons. The number of ether oxygens (including phenoxy) is 2. The molecule has 1 aliphatic heterocycles. The van der Waals surface area contributed by atoms with E-state index >= 15 is 0 Å². The minimum atomic E-state index is -0.978. The number of cyclic esters (lactones) is 1. The molecule has 0 N–H and O–H groups in total. The Morgan fingerprint density at radius 2 is 2.00 bits per heavy atom. The van der Waals surface area contributed by atoms with Gasteiger partial charge in [-0.25, -0.2) is 0 Å². The fraction of sp³-hybridized carbons (Fsp3) is 0.500. The number of methoxy groups -OCH3 is 1. The topological polar surface area (TPSA) is 52.6 Å². The van der Waals surface area contributed by atoms with Gasteiger partial charge in [-0.05, 0) is 18.9 Å². The second-order valence-electron chi connectivity index (χ2n) is 5.37. The summed E-state index contributed by atoms with van der Waals surface area (Å²) < 4.78 is 10.6. The van der Waals surface area contributed by atoms with Crippen molar-refractivity contribution in [2.45, 2.75) is 38.7 Å². The van der Waals surface area contributed by atoms with Crippen molar-refractivity contribution in [3.63, 3.8) is 0 Å². The van der Waals surface area contributed by atoms with Crippen molar-refractivity contribution in [3.05, 3.63) is 35.9 Å². The number of hydrogen-bond donors (Lipinski definition) is 0. The summed E-state index contributed by atoms with van der Waals surface area (Å²) in [4.78, 5) is 24.3. The Balaban J connectivity index is 2.58. The third kappa shape index (κ3) is 1.99. The van der Waals surface area contributed by atoms with E-state index in [2.05, 4.69) is 0 Å². The van der Waals surface area contributed by atoms with E-state index in [0.717, 1.165) is 12.0 Å². The van der Waals surface area contributed by atoms with Crippen molar-refractivity contribution in [1.82, 2.24) is 0 Å². The zero-order chi connectivity index (χ0) is 14.8. The van der Waals surface area contributed by atoms with Gasteiger partial charge in [0.15, 0.2) is 5.60 Å². The highest BCUT2D eigenvalue weighted by Crippen LogP contribution is 2.54. The fourth-order valence-corrected chi connectivity index (χ4v) is 3.19. The first-order chi connectivity index (χ1) is 9.50. The van der Waals surface area contributed by atoms with E-state index in [1.807, 2.05) is 37.3 Å². The van der Waals surface area contributed by atoms with Crippen LogP contribution in [0.3, 0.4) is 0 Å². The molecule has 20 heavy (non-hydrogen) atoms. The lowest BCUT2D eigenvalue weighted by molar-refractivity contribution is -0.168. The van der Waals surface area contributed by atoms with Crippen LogP contribution in [0.2, 0.25) is 0 Å². The number of rotatable bonds is 4. The Morgan fingerprint density at radius 1 is 1.35 bits per heavy atom. The first kappa shape index (κ1) is 14.6. The maximum atomic E-state index is 12.4. The van der Waals surface area contributed by atoms with E-state index in [1.165, 1.54) is 7.11 Å². The van der Waals surface area contributed by atoms with Crippen LogP contribution in [0.4, 0.5) is 0 Å². The van der Waals surface area contributed by atoms with Crippen LogP contribution in [0.25, 0.3) is 0 Å². The molecule has 2 rings (SSSR count). The molecule has 4 heteroatoms. The van der Waals surface area contributed by atoms with Crippen LogP contribution in [0.1, 0.15) is 38.7 Å². The van der Waals surface area contributed by atoms with Gasteiger partial charge in [-0.1, -0.05) is 43.7 Å². The molecule has 0 amide bonds. The highest BCUT2D eigenvalue weighted by atomic mass is 16.6. The predicted molar refractivity (Wildman–Crippen MR) is 73.9 cm³/mol. The molecular formula is C16H20O4. The number of hydrogen-bond acceptors (Lipinski definition) is 4. The number of benzene rings is 1. The van der Waals surface area contributed by atoms with Gasteiger partial charge in [0, 0.05) is 0 Å². The molecule has 1 saturated heterocycles. The molecule has 2 unspecified atom stereocenters. The summed E-state index contributed by atoms with van der Waals surface area (Å²) in [6.07, 6.45) is 1.39. The fourth-order valence-electron chi connectivity index (χ4n) is 3.19. The van der Waals surface area contributed by atoms with Crippen LogP contribution in [-0.4, -0.2) is 19.0 Å². The summed E-state index contributed by atoms with van der Waals surface area (Å²) in [5, 5.41) is 0. The second-order valence-corrected chi connectivity index (χ2v) is 5.37. The van der Waals surface area contributed by atoms with Crippen molar-refractivity contribution < 1.29 is 19.1 Å². The van der Waals surface area contributed by atoms with Crippen LogP contribution in [0.5, 0.6) is 0 Å². The maximum absolute atomic E-state index is 12.4. The first-order valence-electron chi connectivity index (χ1n) is 6.86. The molecule has 0 aliphatic carbocycles. The number of carbonyl (C=O) groups excluding carboxylic acids is 2. The average Bonchev–Trinajstić information content (AvgIpc) is 2.72. The lowest BCUT2D eigenvalue weighted by Crippen LogP contribution is -2.46. The highest BCUT2D eigenvalue weighted by Gasteiger charge is 2.63. The van der Waals surface area contributed by atoms with Crippen LogP contribution >= 0.6 is 0 Å². The van der Waals surface area contributed by atoms with Gasteiger partial charge in [-0.15, -0.1) is 0 Å². The van der Waals surface area contributed by atoms with Crippen LogP contribution in [0, 0.1) is 5.41 Å². The van der Waals surface area contributed by atoms with Gasteiger partial charge in [-0.3, -0.25) is 9.59 Å². The van der Waals surface area contributed by atoms with Crippen LogP contribution in [-0.2, 0) is 24.7 Å². The van der Waals surface area contributed by atoms with Gasteiger partial charge in [-0.2, -0.15) is 0 Å². The zero-order valence-electron chi connectivity index (χ0n) is 12.1. The van der Waals surface area contributed by atoms with Gasteiger partial charge in [0.25, 0.3) is 0 Å². The average molecular weight is 276 g/mol. The monoisotopic (exact) mass is 276 g/mol. The molecule has 1 heterocycles. The Kier molecular flexibility index (Phi) is 3.84. The summed E-state index contributed by atoms with van der Waals surface area (Å²) in [5.41, 5.74) is -1.10. The van der Waals surface area contributed by atoms with Gasteiger partial charge < -0.3 is 9.47 Å². The summed E-state index contributed by atoms with van der Waals surface area (Å²) in [6.45, 7) is 3.79. The van der Waals surface area contributed by atoms with Gasteiger partial charge in [0.2, 0.25) is 0 Å². The SMILES string of the molecule is CCCC1(C(=O)OC)CC(=O)OC1(C)c1ccccc1. The van der Waals surface area contributed by atoms with Crippen molar-refractivity contribution in [1.29, 1.82) is 0 Å². The Bertz CT molecular complexity index is 510. The Labute approximate surface area is 119 Å². The van der Waals surface area contributed by atoms with E-state index in [4.69, 9.17) is 9.47 Å². The first-order valence-corrected chi connectivity index (χ1v) is 6.86. The van der Waals surface area contributed by atoms with E-state index in [9.17, 15) is 9.59 Å². The maximum Gasteiger partial charge on any atom is 0.316 e. The van der Waals surface area contributed by atoms with Crippen molar-refractivity contribution in [3.8, 4) is 0 Å². The van der Waals surface area contributed by atoms with E-state index < -0.39 is 11.0 Å². The molecule has 4 nitrogen and oxygen atoms in total. The van der Waals surface area contributed by atoms with Gasteiger partial charge in [0.05, 0.1) is 13.5 Å². The normalized spacial score (nSPS) is 29.1.